The van der Waals surface area contributed by atoms with Gasteiger partial charge in [0.15, 0.2) is 11.6 Å². The van der Waals surface area contributed by atoms with E-state index in [0.717, 1.165) is 56.1 Å². The zero-order valence-electron chi connectivity index (χ0n) is 19.6. The minimum Gasteiger partial charge on any atom is -0.393 e. The second-order valence-electron chi connectivity index (χ2n) is 12.6. The summed E-state index contributed by atoms with van der Waals surface area (Å²) >= 11 is 0. The van der Waals surface area contributed by atoms with Crippen molar-refractivity contribution >= 4 is 11.6 Å². The summed E-state index contributed by atoms with van der Waals surface area (Å²) < 4.78 is 0. The lowest BCUT2D eigenvalue weighted by Crippen LogP contribution is -2.62. The largest absolute Gasteiger partial charge is 0.393 e. The lowest BCUT2D eigenvalue weighted by atomic mass is 9.37. The first kappa shape index (κ1) is 20.7. The molecule has 0 bridgehead atoms. The van der Waals surface area contributed by atoms with E-state index in [4.69, 9.17) is 0 Å². The van der Waals surface area contributed by atoms with Crippen molar-refractivity contribution in [3.05, 3.63) is 22.8 Å². The highest BCUT2D eigenvalue weighted by atomic mass is 16.3. The number of aliphatic hydroxyl groups is 1. The van der Waals surface area contributed by atoms with Gasteiger partial charge >= 0.3 is 0 Å². The third-order valence-electron chi connectivity index (χ3n) is 11.1. The summed E-state index contributed by atoms with van der Waals surface area (Å²) in [5, 5.41) is 10.8. The van der Waals surface area contributed by atoms with Crippen LogP contribution >= 0.6 is 0 Å². The van der Waals surface area contributed by atoms with Gasteiger partial charge in [0.25, 0.3) is 0 Å². The molecule has 0 aromatic carbocycles. The molecule has 3 fully saturated rings. The third kappa shape index (κ3) is 2.26. The van der Waals surface area contributed by atoms with Crippen LogP contribution in [0.4, 0.5) is 0 Å². The Hall–Kier alpha value is -1.22. The minimum atomic E-state index is -0.210. The normalized spacial score (nSPS) is 49.8. The molecule has 30 heavy (non-hydrogen) atoms. The highest BCUT2D eigenvalue weighted by Gasteiger charge is 2.67. The Labute approximate surface area is 181 Å². The van der Waals surface area contributed by atoms with E-state index in [1.807, 2.05) is 0 Å². The molecule has 0 aromatic heterocycles. The molecule has 5 aliphatic rings. The first-order chi connectivity index (χ1) is 13.9. The average molecular weight is 411 g/mol. The van der Waals surface area contributed by atoms with E-state index < -0.39 is 0 Å². The smallest absolute Gasteiger partial charge is 0.185 e. The minimum absolute atomic E-state index is 0.0464. The van der Waals surface area contributed by atoms with Crippen LogP contribution in [0.15, 0.2) is 22.8 Å². The maximum atomic E-state index is 13.1. The van der Waals surface area contributed by atoms with Gasteiger partial charge in [0, 0.05) is 22.1 Å². The van der Waals surface area contributed by atoms with E-state index >= 15 is 0 Å². The molecule has 7 atom stereocenters. The first-order valence-electron chi connectivity index (χ1n) is 12.1. The lowest BCUT2D eigenvalue weighted by molar-refractivity contribution is -0.205. The molecule has 1 N–H and O–H groups in total. The Morgan fingerprint density at radius 2 is 1.47 bits per heavy atom. The van der Waals surface area contributed by atoms with Gasteiger partial charge in [-0.2, -0.15) is 0 Å². The summed E-state index contributed by atoms with van der Waals surface area (Å²) in [6.07, 6.45) is 8.57. The number of allylic oxidation sites excluding steroid dienone is 4. The number of Topliss-reactive ketones (excluding diaryl/α,β-unsaturated/α-hetero) is 1. The number of carbonyl (C=O) groups excluding carboxylic acids is 2. The maximum Gasteiger partial charge on any atom is 0.185 e. The summed E-state index contributed by atoms with van der Waals surface area (Å²) in [5.41, 5.74) is 2.45. The van der Waals surface area contributed by atoms with E-state index in [-0.39, 0.29) is 39.3 Å². The summed E-state index contributed by atoms with van der Waals surface area (Å²) in [7, 11) is 0. The van der Waals surface area contributed by atoms with Crippen LogP contribution in [0.25, 0.3) is 0 Å². The van der Waals surface area contributed by atoms with Gasteiger partial charge in [0.05, 0.1) is 6.10 Å². The van der Waals surface area contributed by atoms with Crippen LogP contribution in [-0.4, -0.2) is 22.8 Å². The summed E-state index contributed by atoms with van der Waals surface area (Å²) in [6.45, 7) is 13.6. The van der Waals surface area contributed by atoms with Gasteiger partial charge in [-0.25, -0.2) is 0 Å². The summed E-state index contributed by atoms with van der Waals surface area (Å²) in [5.74, 6) is 1.70. The monoisotopic (exact) mass is 410 g/mol. The number of ketones is 2. The zero-order valence-corrected chi connectivity index (χ0v) is 19.6. The fraction of sp³-hybridized carbons (Fsp3) is 0.778. The Bertz CT molecular complexity index is 907. The molecule has 3 saturated carbocycles. The van der Waals surface area contributed by atoms with Crippen molar-refractivity contribution in [2.45, 2.75) is 92.6 Å². The number of fused-ring (bicyclic) bond motifs is 6. The zero-order chi connectivity index (χ0) is 21.9. The molecule has 3 nitrogen and oxygen atoms in total. The third-order valence-corrected chi connectivity index (χ3v) is 11.1. The van der Waals surface area contributed by atoms with Crippen LogP contribution in [0.5, 0.6) is 0 Å². The Morgan fingerprint density at radius 1 is 0.867 bits per heavy atom. The predicted molar refractivity (Wildman–Crippen MR) is 118 cm³/mol. The first-order valence-corrected chi connectivity index (χ1v) is 12.1. The van der Waals surface area contributed by atoms with Gasteiger partial charge in [0.2, 0.25) is 0 Å². The second kappa shape index (κ2) is 5.97. The predicted octanol–water partition coefficient (Wildman–Crippen LogP) is 5.42. The van der Waals surface area contributed by atoms with Crippen molar-refractivity contribution in [3.63, 3.8) is 0 Å². The van der Waals surface area contributed by atoms with Crippen LogP contribution in [0, 0.1) is 39.4 Å². The van der Waals surface area contributed by atoms with E-state index in [1.165, 1.54) is 0 Å². The maximum absolute atomic E-state index is 13.1. The van der Waals surface area contributed by atoms with Crippen LogP contribution in [0.1, 0.15) is 86.5 Å². The van der Waals surface area contributed by atoms with E-state index in [9.17, 15) is 14.7 Å². The molecule has 0 saturated heterocycles. The molecule has 5 rings (SSSR count). The van der Waals surface area contributed by atoms with Gasteiger partial charge in [-0.15, -0.1) is 0 Å². The molecule has 5 aliphatic carbocycles. The Kier molecular flexibility index (Phi) is 4.11. The molecule has 0 heterocycles. The molecular formula is C27H38O3. The number of aliphatic hydroxyl groups excluding tert-OH is 1. The number of hydrogen-bond acceptors (Lipinski definition) is 3. The van der Waals surface area contributed by atoms with Crippen LogP contribution in [-0.2, 0) is 9.59 Å². The fourth-order valence-electron chi connectivity index (χ4n) is 9.62. The van der Waals surface area contributed by atoms with Crippen LogP contribution in [0.3, 0.4) is 0 Å². The quantitative estimate of drug-likeness (QED) is 0.543. The Morgan fingerprint density at radius 3 is 2.17 bits per heavy atom. The molecule has 3 heteroatoms. The average Bonchev–Trinajstić information content (AvgIpc) is 2.98. The van der Waals surface area contributed by atoms with Gasteiger partial charge in [-0.05, 0) is 91.9 Å². The second-order valence-corrected chi connectivity index (χ2v) is 12.6. The number of carbonyl (C=O) groups is 2. The van der Waals surface area contributed by atoms with Crippen molar-refractivity contribution in [1.82, 2.24) is 0 Å². The molecule has 0 radical (unpaired) electrons. The molecule has 164 valence electrons. The van der Waals surface area contributed by atoms with Crippen LogP contribution in [0.2, 0.25) is 0 Å². The summed E-state index contributed by atoms with van der Waals surface area (Å²) in [4.78, 5) is 26.1. The number of rotatable bonds is 0. The van der Waals surface area contributed by atoms with E-state index in [0.29, 0.717) is 23.3 Å². The fourth-order valence-corrected chi connectivity index (χ4v) is 9.62. The highest BCUT2D eigenvalue weighted by Crippen LogP contribution is 2.74. The molecule has 0 amide bonds. The van der Waals surface area contributed by atoms with Gasteiger partial charge < -0.3 is 5.11 Å². The topological polar surface area (TPSA) is 54.4 Å². The number of hydrogen-bond donors (Lipinski definition) is 1. The standard InChI is InChI=1S/C27H38O3/c1-15-13-17(28)22-16(23(15)30)14-20-26(5)10-7-18-24(2,3)21(29)9-12-25(18,4)19(26)8-11-27(20,22)6/h13,18-21,29H,7-12,14H2,1-6H3/t18-,19?,20-,21-,25+,26-,27-/m0/s1. The molecule has 1 unspecified atom stereocenters. The van der Waals surface area contributed by atoms with Gasteiger partial charge in [-0.3, -0.25) is 9.59 Å². The van der Waals surface area contributed by atoms with Gasteiger partial charge in [0.1, 0.15) is 0 Å². The SMILES string of the molecule is CC1=CC(=O)C2=C(C[C@H]3[C@@]4(C)CC[C@H]5C(C)(C)[C@@H](O)CC[C@@]5(C)C4CC[C@]23C)C1=O. The van der Waals surface area contributed by atoms with E-state index in [1.54, 1.807) is 13.0 Å². The summed E-state index contributed by atoms with van der Waals surface area (Å²) in [6, 6.07) is 0. The van der Waals surface area contributed by atoms with Crippen molar-refractivity contribution < 1.29 is 14.7 Å². The lowest BCUT2D eigenvalue weighted by Gasteiger charge is -2.68. The van der Waals surface area contributed by atoms with E-state index in [2.05, 4.69) is 34.6 Å². The van der Waals surface area contributed by atoms with Crippen molar-refractivity contribution in [2.24, 2.45) is 39.4 Å². The van der Waals surface area contributed by atoms with Crippen LogP contribution < -0.4 is 0 Å². The van der Waals surface area contributed by atoms with Crippen molar-refractivity contribution in [2.75, 3.05) is 0 Å². The molecular weight excluding hydrogens is 372 g/mol. The molecule has 0 aliphatic heterocycles. The molecule has 0 spiro atoms. The Balaban J connectivity index is 1.56. The van der Waals surface area contributed by atoms with Crippen molar-refractivity contribution in [1.29, 1.82) is 0 Å². The highest BCUT2D eigenvalue weighted by molar-refractivity contribution is 6.23. The van der Waals surface area contributed by atoms with Crippen molar-refractivity contribution in [3.8, 4) is 0 Å². The molecule has 0 aromatic rings. The van der Waals surface area contributed by atoms with Gasteiger partial charge in [-0.1, -0.05) is 34.6 Å².